The average molecular weight is 260 g/mol. The lowest BCUT2D eigenvalue weighted by Crippen LogP contribution is -2.32. The van der Waals surface area contributed by atoms with E-state index in [4.69, 9.17) is 0 Å². The molecule has 106 valence electrons. The molecule has 0 amide bonds. The molecule has 0 saturated heterocycles. The van der Waals surface area contributed by atoms with Gasteiger partial charge in [-0.15, -0.1) is 0 Å². The molecule has 0 radical (unpaired) electrons. The number of nitrogens with one attached hydrogen (secondary N) is 2. The highest BCUT2D eigenvalue weighted by Crippen LogP contribution is 2.27. The monoisotopic (exact) mass is 260 g/mol. The summed E-state index contributed by atoms with van der Waals surface area (Å²) in [7, 11) is 2.09. The number of hydrogen-bond acceptors (Lipinski definition) is 2. The minimum atomic E-state index is 0.587. The summed E-state index contributed by atoms with van der Waals surface area (Å²) >= 11 is 0. The summed E-state index contributed by atoms with van der Waals surface area (Å²) in [4.78, 5) is 0. The van der Waals surface area contributed by atoms with Crippen LogP contribution < -0.4 is 10.6 Å². The van der Waals surface area contributed by atoms with Crippen LogP contribution in [0, 0.1) is 5.92 Å². The van der Waals surface area contributed by atoms with Crippen LogP contribution in [0.25, 0.3) is 0 Å². The van der Waals surface area contributed by atoms with Gasteiger partial charge >= 0.3 is 0 Å². The van der Waals surface area contributed by atoms with Gasteiger partial charge in [0.2, 0.25) is 0 Å². The van der Waals surface area contributed by atoms with Crippen molar-refractivity contribution in [2.75, 3.05) is 18.9 Å². The van der Waals surface area contributed by atoms with Crippen LogP contribution in [0.3, 0.4) is 0 Å². The molecule has 2 nitrogen and oxygen atoms in total. The van der Waals surface area contributed by atoms with E-state index in [9.17, 15) is 0 Å². The molecule has 0 heterocycles. The topological polar surface area (TPSA) is 24.1 Å². The second-order valence-electron chi connectivity index (χ2n) is 6.13. The van der Waals surface area contributed by atoms with Crippen LogP contribution in [0.5, 0.6) is 0 Å². The molecule has 2 N–H and O–H groups in total. The second-order valence-corrected chi connectivity index (χ2v) is 6.13. The maximum atomic E-state index is 3.68. The smallest absolute Gasteiger partial charge is 0.0375 e. The van der Waals surface area contributed by atoms with Gasteiger partial charge in [-0.25, -0.2) is 0 Å². The zero-order valence-electron chi connectivity index (χ0n) is 12.6. The van der Waals surface area contributed by atoms with Gasteiger partial charge in [0.15, 0.2) is 0 Å². The Hall–Kier alpha value is -1.02. The molecule has 1 fully saturated rings. The fourth-order valence-corrected chi connectivity index (χ4v) is 3.07. The first-order chi connectivity index (χ1) is 9.20. The van der Waals surface area contributed by atoms with Crippen molar-refractivity contribution >= 4 is 5.69 Å². The SMILES string of the molecule is CNC1CCC(CNc2ccccc2C(C)C)CC1. The average Bonchev–Trinajstić information content (AvgIpc) is 2.46. The summed E-state index contributed by atoms with van der Waals surface area (Å²) in [5.41, 5.74) is 2.76. The van der Waals surface area contributed by atoms with Crippen LogP contribution in [0.15, 0.2) is 24.3 Å². The lowest BCUT2D eigenvalue weighted by molar-refractivity contribution is 0.312. The largest absolute Gasteiger partial charge is 0.385 e. The standard InChI is InChI=1S/C17H28N2/c1-13(2)16-6-4-5-7-17(16)19-12-14-8-10-15(18-3)11-9-14/h4-7,13-15,18-19H,8-12H2,1-3H3. The summed E-state index contributed by atoms with van der Waals surface area (Å²) in [6, 6.07) is 9.48. The summed E-state index contributed by atoms with van der Waals surface area (Å²) in [5, 5.41) is 7.08. The summed E-state index contributed by atoms with van der Waals surface area (Å²) in [5.74, 6) is 1.42. The Morgan fingerprint density at radius 2 is 1.79 bits per heavy atom. The minimum Gasteiger partial charge on any atom is -0.385 e. The maximum Gasteiger partial charge on any atom is 0.0375 e. The maximum absolute atomic E-state index is 3.68. The predicted octanol–water partition coefficient (Wildman–Crippen LogP) is 4.00. The van der Waals surface area contributed by atoms with E-state index in [1.54, 1.807) is 0 Å². The third kappa shape index (κ3) is 3.97. The molecular weight excluding hydrogens is 232 g/mol. The van der Waals surface area contributed by atoms with Crippen molar-refractivity contribution in [1.82, 2.24) is 5.32 Å². The Kier molecular flexibility index (Phi) is 5.26. The van der Waals surface area contributed by atoms with Gasteiger partial charge in [-0.2, -0.15) is 0 Å². The summed E-state index contributed by atoms with van der Waals surface area (Å²) < 4.78 is 0. The van der Waals surface area contributed by atoms with E-state index >= 15 is 0 Å². The second kappa shape index (κ2) is 6.95. The zero-order chi connectivity index (χ0) is 13.7. The highest BCUT2D eigenvalue weighted by atomic mass is 14.9. The molecule has 1 aliphatic carbocycles. The van der Waals surface area contributed by atoms with Crippen LogP contribution >= 0.6 is 0 Å². The van der Waals surface area contributed by atoms with Crippen molar-refractivity contribution in [1.29, 1.82) is 0 Å². The van der Waals surface area contributed by atoms with Crippen molar-refractivity contribution in [2.24, 2.45) is 5.92 Å². The normalized spacial score (nSPS) is 23.6. The summed E-state index contributed by atoms with van der Waals surface area (Å²) in [6.07, 6.45) is 5.36. The van der Waals surface area contributed by atoms with Gasteiger partial charge in [0.05, 0.1) is 0 Å². The summed E-state index contributed by atoms with van der Waals surface area (Å²) in [6.45, 7) is 5.65. The minimum absolute atomic E-state index is 0.587. The molecule has 19 heavy (non-hydrogen) atoms. The molecule has 1 saturated carbocycles. The van der Waals surface area contributed by atoms with Gasteiger partial charge in [-0.3, -0.25) is 0 Å². The fourth-order valence-electron chi connectivity index (χ4n) is 3.07. The van der Waals surface area contributed by atoms with Crippen molar-refractivity contribution < 1.29 is 0 Å². The molecule has 1 aromatic carbocycles. The first-order valence-electron chi connectivity index (χ1n) is 7.70. The Morgan fingerprint density at radius 1 is 1.11 bits per heavy atom. The van der Waals surface area contributed by atoms with Crippen LogP contribution in [-0.4, -0.2) is 19.6 Å². The van der Waals surface area contributed by atoms with Crippen LogP contribution in [-0.2, 0) is 0 Å². The number of rotatable bonds is 5. The van der Waals surface area contributed by atoms with Gasteiger partial charge in [0.25, 0.3) is 0 Å². The number of benzene rings is 1. The Morgan fingerprint density at radius 3 is 2.42 bits per heavy atom. The van der Waals surface area contributed by atoms with Crippen molar-refractivity contribution in [2.45, 2.75) is 51.5 Å². The predicted molar refractivity (Wildman–Crippen MR) is 83.8 cm³/mol. The molecule has 2 heteroatoms. The highest BCUT2D eigenvalue weighted by molar-refractivity contribution is 5.52. The van der Waals surface area contributed by atoms with Crippen LogP contribution in [0.1, 0.15) is 51.0 Å². The van der Waals surface area contributed by atoms with E-state index in [0.717, 1.165) is 18.5 Å². The van der Waals surface area contributed by atoms with Gasteiger partial charge in [-0.05, 0) is 56.2 Å². The van der Waals surface area contributed by atoms with Crippen molar-refractivity contribution in [3.05, 3.63) is 29.8 Å². The molecule has 0 spiro atoms. The van der Waals surface area contributed by atoms with E-state index in [1.807, 2.05) is 0 Å². The first kappa shape index (κ1) is 14.4. The quantitative estimate of drug-likeness (QED) is 0.836. The van der Waals surface area contributed by atoms with Crippen molar-refractivity contribution in [3.8, 4) is 0 Å². The van der Waals surface area contributed by atoms with E-state index in [-0.39, 0.29) is 0 Å². The molecule has 0 atom stereocenters. The molecule has 1 aliphatic rings. The van der Waals surface area contributed by atoms with Crippen LogP contribution in [0.2, 0.25) is 0 Å². The third-order valence-corrected chi connectivity index (χ3v) is 4.42. The molecule has 0 aromatic heterocycles. The molecule has 0 bridgehead atoms. The molecular formula is C17H28N2. The Bertz CT molecular complexity index is 379. The zero-order valence-corrected chi connectivity index (χ0v) is 12.6. The highest BCUT2D eigenvalue weighted by Gasteiger charge is 2.19. The number of anilines is 1. The number of hydrogen-bond donors (Lipinski definition) is 2. The fraction of sp³-hybridized carbons (Fsp3) is 0.647. The van der Waals surface area contributed by atoms with Crippen LogP contribution in [0.4, 0.5) is 5.69 Å². The van der Waals surface area contributed by atoms with E-state index in [2.05, 4.69) is 55.8 Å². The van der Waals surface area contributed by atoms with E-state index < -0.39 is 0 Å². The van der Waals surface area contributed by atoms with E-state index in [1.165, 1.54) is 36.9 Å². The van der Waals surface area contributed by atoms with Gasteiger partial charge in [0, 0.05) is 18.3 Å². The van der Waals surface area contributed by atoms with Gasteiger partial charge in [-0.1, -0.05) is 32.0 Å². The van der Waals surface area contributed by atoms with Gasteiger partial charge in [0.1, 0.15) is 0 Å². The molecule has 2 rings (SSSR count). The van der Waals surface area contributed by atoms with Gasteiger partial charge < -0.3 is 10.6 Å². The van der Waals surface area contributed by atoms with E-state index in [0.29, 0.717) is 5.92 Å². The van der Waals surface area contributed by atoms with Crippen molar-refractivity contribution in [3.63, 3.8) is 0 Å². The molecule has 1 aromatic rings. The number of para-hydroxylation sites is 1. The lowest BCUT2D eigenvalue weighted by Gasteiger charge is -2.29. The first-order valence-corrected chi connectivity index (χ1v) is 7.70. The lowest BCUT2D eigenvalue weighted by atomic mass is 9.86. The molecule has 0 unspecified atom stereocenters. The third-order valence-electron chi connectivity index (χ3n) is 4.42. The Balaban J connectivity index is 1.86. The Labute approximate surface area is 118 Å². The molecule has 0 aliphatic heterocycles.